The lowest BCUT2D eigenvalue weighted by Crippen LogP contribution is -2.43. The predicted molar refractivity (Wildman–Crippen MR) is 125 cm³/mol. The molecular weight excluding hydrogens is 432 g/mol. The second kappa shape index (κ2) is 7.03. The number of hydrogen-bond acceptors (Lipinski definition) is 6. The van der Waals surface area contributed by atoms with E-state index in [0.29, 0.717) is 39.1 Å². The molecule has 2 aromatic carbocycles. The molecule has 0 fully saturated rings. The fourth-order valence-electron chi connectivity index (χ4n) is 4.74. The van der Waals surface area contributed by atoms with Gasteiger partial charge in [-0.05, 0) is 56.3 Å². The van der Waals surface area contributed by atoms with Crippen molar-refractivity contribution in [3.8, 4) is 0 Å². The van der Waals surface area contributed by atoms with E-state index < -0.39 is 23.9 Å². The summed E-state index contributed by atoms with van der Waals surface area (Å²) in [6, 6.07) is 16.7. The highest BCUT2D eigenvalue weighted by Crippen LogP contribution is 2.42. The highest BCUT2D eigenvalue weighted by Gasteiger charge is 2.41. The number of benzene rings is 2. The summed E-state index contributed by atoms with van der Waals surface area (Å²) in [5.74, 6) is -0.945. The van der Waals surface area contributed by atoms with Crippen LogP contribution in [0.2, 0.25) is 0 Å². The highest BCUT2D eigenvalue weighted by atomic mass is 16.3. The molecule has 1 unspecified atom stereocenters. The molecule has 1 N–H and O–H groups in total. The molecule has 3 amide bonds. The van der Waals surface area contributed by atoms with Crippen LogP contribution in [0.15, 0.2) is 60.7 Å². The third-order valence-corrected chi connectivity index (χ3v) is 6.26. The largest absolute Gasteiger partial charge is 0.369 e. The second-order valence-electron chi connectivity index (χ2n) is 8.38. The molecule has 166 valence electrons. The van der Waals surface area contributed by atoms with Gasteiger partial charge in [-0.25, -0.2) is 14.9 Å². The van der Waals surface area contributed by atoms with E-state index in [1.165, 1.54) is 4.90 Å². The smallest absolute Gasteiger partial charge is 0.267 e. The molecular formula is C26H18N4O4. The number of pyridine rings is 2. The van der Waals surface area contributed by atoms with E-state index in [2.05, 4.69) is 9.97 Å². The lowest BCUT2D eigenvalue weighted by molar-refractivity contribution is 0.0864. The summed E-state index contributed by atoms with van der Waals surface area (Å²) in [6.07, 6.45) is -1.32. The number of amides is 3. The van der Waals surface area contributed by atoms with Crippen LogP contribution >= 0.6 is 0 Å². The first-order valence-electron chi connectivity index (χ1n) is 10.7. The predicted octanol–water partition coefficient (Wildman–Crippen LogP) is 3.70. The molecule has 0 saturated heterocycles. The second-order valence-corrected chi connectivity index (χ2v) is 8.38. The summed E-state index contributed by atoms with van der Waals surface area (Å²) in [6.45, 7) is 3.58. The van der Waals surface area contributed by atoms with Gasteiger partial charge in [0.25, 0.3) is 17.7 Å². The molecule has 2 aliphatic heterocycles. The molecule has 8 nitrogen and oxygen atoms in total. The lowest BCUT2D eigenvalue weighted by Gasteiger charge is -2.35. The van der Waals surface area contributed by atoms with E-state index in [9.17, 15) is 19.5 Å². The van der Waals surface area contributed by atoms with E-state index in [1.54, 1.807) is 74.5 Å². The Morgan fingerprint density at radius 1 is 0.676 bits per heavy atom. The average Bonchev–Trinajstić information content (AvgIpc) is 2.81. The van der Waals surface area contributed by atoms with Gasteiger partial charge in [0.1, 0.15) is 11.6 Å². The van der Waals surface area contributed by atoms with Crippen LogP contribution in [0.4, 0.5) is 11.6 Å². The third kappa shape index (κ3) is 2.66. The molecule has 0 saturated carbocycles. The molecule has 0 spiro atoms. The Balaban J connectivity index is 1.56. The molecule has 0 radical (unpaired) electrons. The molecule has 1 atom stereocenters. The fourth-order valence-corrected chi connectivity index (χ4v) is 4.74. The fraction of sp³-hybridized carbons (Fsp3) is 0.115. The first-order chi connectivity index (χ1) is 16.4. The van der Waals surface area contributed by atoms with Crippen LogP contribution in [0, 0.1) is 13.8 Å². The molecule has 2 aliphatic rings. The van der Waals surface area contributed by atoms with E-state index in [0.717, 1.165) is 4.90 Å². The van der Waals surface area contributed by atoms with Crippen LogP contribution in [-0.4, -0.2) is 32.8 Å². The lowest BCUT2D eigenvalue weighted by atomic mass is 9.85. The first-order valence-corrected chi connectivity index (χ1v) is 10.7. The standard InChI is InChI=1S/C26H18N4O4/c1-13-5-3-7-19(27-13)29-23(31)15-9-11-17-22-18(12-10-16(21(15)22)24(29)32)26(34)30(25(17)33)20-8-4-6-14(2)28-20/h3-12,23,31H,1-2H3. The number of rotatable bonds is 2. The van der Waals surface area contributed by atoms with Crippen molar-refractivity contribution in [1.82, 2.24) is 9.97 Å². The van der Waals surface area contributed by atoms with Crippen molar-refractivity contribution in [2.75, 3.05) is 9.80 Å². The van der Waals surface area contributed by atoms with E-state index >= 15 is 0 Å². The topological polar surface area (TPSA) is 104 Å². The van der Waals surface area contributed by atoms with Crippen LogP contribution in [0.3, 0.4) is 0 Å². The third-order valence-electron chi connectivity index (χ3n) is 6.26. The van der Waals surface area contributed by atoms with Crippen LogP contribution in [0.25, 0.3) is 10.8 Å². The number of aliphatic hydroxyl groups excluding tert-OH is 1. The summed E-state index contributed by atoms with van der Waals surface area (Å²) in [5.41, 5.74) is 2.66. The van der Waals surface area contributed by atoms with Gasteiger partial charge in [0.05, 0.1) is 0 Å². The Hall–Kier alpha value is -4.43. The van der Waals surface area contributed by atoms with Crippen LogP contribution in [-0.2, 0) is 0 Å². The van der Waals surface area contributed by atoms with Gasteiger partial charge in [-0.1, -0.05) is 18.2 Å². The Kier molecular flexibility index (Phi) is 4.18. The minimum Gasteiger partial charge on any atom is -0.369 e. The van der Waals surface area contributed by atoms with Gasteiger partial charge in [0.15, 0.2) is 6.23 Å². The number of anilines is 2. The Morgan fingerprint density at radius 2 is 1.21 bits per heavy atom. The van der Waals surface area contributed by atoms with Crippen molar-refractivity contribution >= 4 is 40.1 Å². The zero-order valence-electron chi connectivity index (χ0n) is 18.3. The number of hydrogen-bond donors (Lipinski definition) is 1. The van der Waals surface area contributed by atoms with Gasteiger partial charge in [-0.15, -0.1) is 0 Å². The Morgan fingerprint density at radius 3 is 1.82 bits per heavy atom. The van der Waals surface area contributed by atoms with Gasteiger partial charge in [-0.2, -0.15) is 0 Å². The monoisotopic (exact) mass is 450 g/mol. The molecule has 34 heavy (non-hydrogen) atoms. The van der Waals surface area contributed by atoms with Crippen molar-refractivity contribution in [3.05, 3.63) is 94.3 Å². The van der Waals surface area contributed by atoms with Crippen LogP contribution in [0.1, 0.15) is 54.3 Å². The highest BCUT2D eigenvalue weighted by molar-refractivity contribution is 6.37. The van der Waals surface area contributed by atoms with E-state index in [-0.39, 0.29) is 16.9 Å². The van der Waals surface area contributed by atoms with Gasteiger partial charge in [0, 0.05) is 44.4 Å². The molecule has 0 aliphatic carbocycles. The molecule has 4 aromatic rings. The molecule has 8 heteroatoms. The number of aliphatic hydroxyl groups is 1. The molecule has 4 heterocycles. The molecule has 0 bridgehead atoms. The maximum atomic E-state index is 13.5. The first kappa shape index (κ1) is 20.2. The quantitative estimate of drug-likeness (QED) is 0.467. The number of nitrogens with zero attached hydrogens (tertiary/aromatic N) is 4. The Bertz CT molecular complexity index is 1560. The van der Waals surface area contributed by atoms with Gasteiger partial charge in [0.2, 0.25) is 0 Å². The van der Waals surface area contributed by atoms with Crippen molar-refractivity contribution in [3.63, 3.8) is 0 Å². The summed E-state index contributed by atoms with van der Waals surface area (Å²) >= 11 is 0. The number of aromatic nitrogens is 2. The Labute approximate surface area is 194 Å². The normalized spacial score (nSPS) is 17.0. The zero-order chi connectivity index (χ0) is 23.7. The van der Waals surface area contributed by atoms with Crippen LogP contribution in [0.5, 0.6) is 0 Å². The number of carbonyl (C=O) groups is 3. The van der Waals surface area contributed by atoms with Gasteiger partial charge >= 0.3 is 0 Å². The van der Waals surface area contributed by atoms with Crippen molar-refractivity contribution < 1.29 is 19.5 Å². The minimum atomic E-state index is -1.32. The summed E-state index contributed by atoms with van der Waals surface area (Å²) in [5, 5.41) is 12.0. The maximum Gasteiger partial charge on any atom is 0.267 e. The number of imide groups is 1. The zero-order valence-corrected chi connectivity index (χ0v) is 18.3. The van der Waals surface area contributed by atoms with Crippen molar-refractivity contribution in [1.29, 1.82) is 0 Å². The van der Waals surface area contributed by atoms with E-state index in [1.807, 2.05) is 0 Å². The number of aryl methyl sites for hydroxylation is 2. The maximum absolute atomic E-state index is 13.5. The number of carbonyl (C=O) groups excluding carboxylic acids is 3. The SMILES string of the molecule is Cc1cccc(N2C(=O)c3ccc4c5c(ccc(c35)C2=O)C(O)N(c2cccc(C)n2)C4=O)n1. The summed E-state index contributed by atoms with van der Waals surface area (Å²) < 4.78 is 0. The summed E-state index contributed by atoms with van der Waals surface area (Å²) in [7, 11) is 0. The van der Waals surface area contributed by atoms with Crippen LogP contribution < -0.4 is 9.80 Å². The average molecular weight is 450 g/mol. The summed E-state index contributed by atoms with van der Waals surface area (Å²) in [4.78, 5) is 51.4. The van der Waals surface area contributed by atoms with E-state index in [4.69, 9.17) is 0 Å². The van der Waals surface area contributed by atoms with Crippen molar-refractivity contribution in [2.45, 2.75) is 20.1 Å². The van der Waals surface area contributed by atoms with Gasteiger partial charge in [-0.3, -0.25) is 19.3 Å². The molecule has 6 rings (SSSR count). The minimum absolute atomic E-state index is 0.238. The molecule has 2 aromatic heterocycles. The van der Waals surface area contributed by atoms with Gasteiger partial charge < -0.3 is 5.11 Å². The van der Waals surface area contributed by atoms with Crippen molar-refractivity contribution in [2.24, 2.45) is 0 Å².